The molecule has 56 heavy (non-hydrogen) atoms. The van der Waals surface area contributed by atoms with Gasteiger partial charge in [0.25, 0.3) is 0 Å². The van der Waals surface area contributed by atoms with Gasteiger partial charge in [-0.3, -0.25) is 4.79 Å². The van der Waals surface area contributed by atoms with Crippen molar-refractivity contribution in [2.45, 2.75) is 42.7 Å². The van der Waals surface area contributed by atoms with Gasteiger partial charge in [-0.1, -0.05) is 72.8 Å². The number of ether oxygens (including phenoxy) is 8. The lowest BCUT2D eigenvalue weighted by molar-refractivity contribution is -0.256. The first-order chi connectivity index (χ1) is 27.2. The summed E-state index contributed by atoms with van der Waals surface area (Å²) in [5.74, 6) is -6.53. The number of allylic oxidation sites excluding steroid dienone is 1. The molecule has 1 fully saturated rings. The Bertz CT molecular complexity index is 2010. The number of carbonyl (C=O) groups excluding carboxylic acids is 5. The summed E-state index contributed by atoms with van der Waals surface area (Å²) in [6, 6.07) is 32.2. The molecule has 290 valence electrons. The van der Waals surface area contributed by atoms with Gasteiger partial charge >= 0.3 is 23.9 Å². The Kier molecular flexibility index (Phi) is 12.7. The Morgan fingerprint density at radius 1 is 0.589 bits per heavy atom. The standard InChI is InChI=1S/C43H40O13/c1-49-34-24-32(44)31(25-43(34,50-2)51-3)35-37(55-41(47)29-20-12-6-13-21-29)38(56-42(48)30-22-14-7-15-23-30)36(54-40(46)28-18-10-5-11-19-28)33(53-35)26-52-39(45)27-16-8-4-9-17-27/h4-24,31,33,35-38H,25-26H2,1-3H3/t31-,33-,35+,36-,37+,38+/m1/s1. The minimum absolute atomic E-state index is 0.0763. The molecule has 6 atom stereocenters. The third-order valence-electron chi connectivity index (χ3n) is 9.59. The zero-order valence-corrected chi connectivity index (χ0v) is 30.8. The van der Waals surface area contributed by atoms with Crippen LogP contribution in [0.3, 0.4) is 0 Å². The molecular formula is C43H40O13. The van der Waals surface area contributed by atoms with Crippen LogP contribution in [0, 0.1) is 5.92 Å². The third kappa shape index (κ3) is 8.70. The van der Waals surface area contributed by atoms with Crippen LogP contribution in [0.4, 0.5) is 0 Å². The second-order valence-corrected chi connectivity index (χ2v) is 12.9. The molecule has 0 spiro atoms. The summed E-state index contributed by atoms with van der Waals surface area (Å²) in [6.07, 6.45) is -6.66. The van der Waals surface area contributed by atoms with Crippen LogP contribution >= 0.6 is 0 Å². The Morgan fingerprint density at radius 3 is 1.43 bits per heavy atom. The maximum Gasteiger partial charge on any atom is 0.338 e. The van der Waals surface area contributed by atoms with Gasteiger partial charge < -0.3 is 37.9 Å². The lowest BCUT2D eigenvalue weighted by Crippen LogP contribution is -2.65. The minimum atomic E-state index is -1.64. The second-order valence-electron chi connectivity index (χ2n) is 12.9. The number of rotatable bonds is 13. The van der Waals surface area contributed by atoms with Gasteiger partial charge in [-0.15, -0.1) is 0 Å². The fourth-order valence-corrected chi connectivity index (χ4v) is 6.70. The van der Waals surface area contributed by atoms with Crippen LogP contribution in [0.1, 0.15) is 47.9 Å². The zero-order valence-electron chi connectivity index (χ0n) is 30.8. The summed E-state index contributed by atoms with van der Waals surface area (Å²) in [7, 11) is 4.09. The van der Waals surface area contributed by atoms with E-state index in [4.69, 9.17) is 37.9 Å². The van der Waals surface area contributed by atoms with Crippen molar-refractivity contribution < 1.29 is 61.9 Å². The molecule has 0 bridgehead atoms. The van der Waals surface area contributed by atoms with Crippen LogP contribution in [0.5, 0.6) is 0 Å². The summed E-state index contributed by atoms with van der Waals surface area (Å²) in [4.78, 5) is 69.0. The summed E-state index contributed by atoms with van der Waals surface area (Å²) < 4.78 is 47.8. The van der Waals surface area contributed by atoms with Crippen molar-refractivity contribution in [2.75, 3.05) is 27.9 Å². The Labute approximate surface area is 323 Å². The summed E-state index contributed by atoms with van der Waals surface area (Å²) >= 11 is 0. The normalized spacial score (nSPS) is 22.8. The quantitative estimate of drug-likeness (QED) is 0.0970. The second kappa shape index (κ2) is 18.0. The van der Waals surface area contributed by atoms with Crippen LogP contribution in [0.2, 0.25) is 0 Å². The molecule has 1 aliphatic heterocycles. The highest BCUT2D eigenvalue weighted by atomic mass is 16.7. The van der Waals surface area contributed by atoms with E-state index < -0.39 is 78.5 Å². The van der Waals surface area contributed by atoms with Crippen molar-refractivity contribution in [1.29, 1.82) is 0 Å². The predicted molar refractivity (Wildman–Crippen MR) is 197 cm³/mol. The Morgan fingerprint density at radius 2 is 1.00 bits per heavy atom. The van der Waals surface area contributed by atoms with E-state index in [1.54, 1.807) is 84.9 Å². The minimum Gasteiger partial charge on any atom is -0.495 e. The summed E-state index contributed by atoms with van der Waals surface area (Å²) in [6.45, 7) is -0.546. The molecule has 2 aliphatic rings. The average molecular weight is 765 g/mol. The molecule has 1 aliphatic carbocycles. The monoisotopic (exact) mass is 764 g/mol. The van der Waals surface area contributed by atoms with Crippen molar-refractivity contribution in [3.8, 4) is 0 Å². The topological polar surface area (TPSA) is 159 Å². The molecule has 13 heteroatoms. The first-order valence-electron chi connectivity index (χ1n) is 17.7. The molecule has 6 rings (SSSR count). The summed E-state index contributed by atoms with van der Waals surface area (Å²) in [5, 5.41) is 0. The fourth-order valence-electron chi connectivity index (χ4n) is 6.70. The van der Waals surface area contributed by atoms with Crippen LogP contribution in [0.15, 0.2) is 133 Å². The molecule has 0 aromatic heterocycles. The molecule has 4 aromatic rings. The maximum absolute atomic E-state index is 14.1. The van der Waals surface area contributed by atoms with E-state index in [1.807, 2.05) is 0 Å². The Balaban J connectivity index is 1.48. The van der Waals surface area contributed by atoms with E-state index >= 15 is 0 Å². The van der Waals surface area contributed by atoms with Crippen molar-refractivity contribution in [3.63, 3.8) is 0 Å². The highest BCUT2D eigenvalue weighted by Gasteiger charge is 2.58. The van der Waals surface area contributed by atoms with Crippen molar-refractivity contribution >= 4 is 29.7 Å². The van der Waals surface area contributed by atoms with Crippen molar-refractivity contribution in [1.82, 2.24) is 0 Å². The largest absolute Gasteiger partial charge is 0.495 e. The first kappa shape index (κ1) is 39.5. The van der Waals surface area contributed by atoms with Gasteiger partial charge in [-0.25, -0.2) is 19.2 Å². The van der Waals surface area contributed by atoms with E-state index in [-0.39, 0.29) is 34.4 Å². The molecule has 0 saturated carbocycles. The molecule has 0 amide bonds. The van der Waals surface area contributed by atoms with Gasteiger partial charge in [0.15, 0.2) is 29.9 Å². The fraction of sp³-hybridized carbons (Fsp3) is 0.279. The number of esters is 4. The highest BCUT2D eigenvalue weighted by molar-refractivity contribution is 5.95. The van der Waals surface area contributed by atoms with Gasteiger partial charge in [0.2, 0.25) is 5.79 Å². The molecule has 0 radical (unpaired) electrons. The zero-order chi connectivity index (χ0) is 39.7. The van der Waals surface area contributed by atoms with Crippen LogP contribution in [-0.2, 0) is 42.7 Å². The van der Waals surface area contributed by atoms with Crippen LogP contribution < -0.4 is 0 Å². The van der Waals surface area contributed by atoms with Crippen molar-refractivity contribution in [3.05, 3.63) is 155 Å². The van der Waals surface area contributed by atoms with E-state index in [0.29, 0.717) is 0 Å². The molecule has 13 nitrogen and oxygen atoms in total. The van der Waals surface area contributed by atoms with Gasteiger partial charge in [-0.05, 0) is 48.5 Å². The lowest BCUT2D eigenvalue weighted by atomic mass is 9.78. The SMILES string of the molecule is COC1=CC(=O)[C@H]([C@@H]2O[C@H](COC(=O)c3ccccc3)[C@@H](OC(=O)c3ccccc3)[C@H](OC(=O)c3ccccc3)[C@H]2OC(=O)c2ccccc2)CC1(OC)OC. The Hall–Kier alpha value is -6.15. The van der Waals surface area contributed by atoms with Gasteiger partial charge in [0.05, 0.1) is 35.3 Å². The number of carbonyl (C=O) groups is 5. The van der Waals surface area contributed by atoms with E-state index in [0.717, 1.165) is 0 Å². The lowest BCUT2D eigenvalue weighted by Gasteiger charge is -2.48. The average Bonchev–Trinajstić information content (AvgIpc) is 3.25. The molecule has 4 aromatic carbocycles. The van der Waals surface area contributed by atoms with Gasteiger partial charge in [-0.2, -0.15) is 0 Å². The van der Waals surface area contributed by atoms with Crippen molar-refractivity contribution in [2.24, 2.45) is 5.92 Å². The molecule has 1 heterocycles. The molecule has 0 unspecified atom stereocenters. The number of ketones is 1. The highest BCUT2D eigenvalue weighted by Crippen LogP contribution is 2.42. The number of hydrogen-bond donors (Lipinski definition) is 0. The predicted octanol–water partition coefficient (Wildman–Crippen LogP) is 5.40. The number of benzene rings is 4. The first-order valence-corrected chi connectivity index (χ1v) is 17.7. The van der Waals surface area contributed by atoms with Crippen LogP contribution in [0.25, 0.3) is 0 Å². The maximum atomic E-state index is 14.1. The smallest absolute Gasteiger partial charge is 0.338 e. The molecule has 0 N–H and O–H groups in total. The van der Waals surface area contributed by atoms with E-state index in [9.17, 15) is 24.0 Å². The third-order valence-corrected chi connectivity index (χ3v) is 9.59. The number of hydrogen-bond acceptors (Lipinski definition) is 13. The number of methoxy groups -OCH3 is 3. The molecule has 1 saturated heterocycles. The van der Waals surface area contributed by atoms with Gasteiger partial charge in [0, 0.05) is 26.7 Å². The van der Waals surface area contributed by atoms with E-state index in [2.05, 4.69) is 0 Å². The molecular weight excluding hydrogens is 724 g/mol. The summed E-state index contributed by atoms with van der Waals surface area (Å²) in [5.41, 5.74) is 0.633. The van der Waals surface area contributed by atoms with Gasteiger partial charge in [0.1, 0.15) is 18.8 Å². The van der Waals surface area contributed by atoms with E-state index in [1.165, 1.54) is 63.8 Å². The van der Waals surface area contributed by atoms with Crippen LogP contribution in [-0.4, -0.2) is 93.9 Å².